The Bertz CT molecular complexity index is 833. The van der Waals surface area contributed by atoms with Crippen LogP contribution in [0, 0.1) is 6.92 Å². The van der Waals surface area contributed by atoms with Crippen LogP contribution in [0.15, 0.2) is 47.5 Å². The average molecular weight is 572 g/mol. The van der Waals surface area contributed by atoms with Gasteiger partial charge >= 0.3 is 0 Å². The maximum Gasteiger partial charge on any atom is 0.191 e. The van der Waals surface area contributed by atoms with Gasteiger partial charge in [-0.05, 0) is 43.2 Å². The SMILES string of the molecule is CCOCCOc1cc(C)ccc1CNC(=NC)NCc1cccc(OCCCOC)c1.I. The molecule has 184 valence electrons. The summed E-state index contributed by atoms with van der Waals surface area (Å²) >= 11 is 0. The molecule has 0 fully saturated rings. The van der Waals surface area contributed by atoms with E-state index in [0.29, 0.717) is 46.1 Å². The lowest BCUT2D eigenvalue weighted by Gasteiger charge is -2.16. The van der Waals surface area contributed by atoms with Crippen LogP contribution in [0.2, 0.25) is 0 Å². The van der Waals surface area contributed by atoms with Gasteiger partial charge in [-0.2, -0.15) is 0 Å². The molecule has 0 radical (unpaired) electrons. The third kappa shape index (κ3) is 11.6. The largest absolute Gasteiger partial charge is 0.493 e. The molecule has 0 aliphatic heterocycles. The van der Waals surface area contributed by atoms with Crippen LogP contribution >= 0.6 is 24.0 Å². The Labute approximate surface area is 215 Å². The number of methoxy groups -OCH3 is 1. The molecule has 0 bridgehead atoms. The lowest BCUT2D eigenvalue weighted by atomic mass is 10.1. The monoisotopic (exact) mass is 571 g/mol. The van der Waals surface area contributed by atoms with E-state index in [0.717, 1.165) is 40.6 Å². The van der Waals surface area contributed by atoms with E-state index in [9.17, 15) is 0 Å². The minimum atomic E-state index is 0. The fourth-order valence-electron chi connectivity index (χ4n) is 3.02. The zero-order chi connectivity index (χ0) is 23.0. The molecule has 7 nitrogen and oxygen atoms in total. The van der Waals surface area contributed by atoms with Gasteiger partial charge in [-0.25, -0.2) is 0 Å². The standard InChI is InChI=1S/C25H37N3O4.HI/c1-5-30-14-15-32-24-16-20(2)10-11-22(24)19-28-25(26-3)27-18-21-8-6-9-23(17-21)31-13-7-12-29-4;/h6,8-11,16-17H,5,7,12-15,18-19H2,1-4H3,(H2,26,27,28);1H. The molecule has 0 heterocycles. The van der Waals surface area contributed by atoms with Crippen LogP contribution in [0.3, 0.4) is 0 Å². The highest BCUT2D eigenvalue weighted by atomic mass is 127. The van der Waals surface area contributed by atoms with Gasteiger partial charge in [0.25, 0.3) is 0 Å². The lowest BCUT2D eigenvalue weighted by molar-refractivity contribution is 0.110. The Morgan fingerprint density at radius 1 is 0.939 bits per heavy atom. The summed E-state index contributed by atoms with van der Waals surface area (Å²) in [7, 11) is 3.46. The summed E-state index contributed by atoms with van der Waals surface area (Å²) in [5, 5.41) is 6.72. The van der Waals surface area contributed by atoms with Crippen molar-refractivity contribution in [1.29, 1.82) is 0 Å². The van der Waals surface area contributed by atoms with Gasteiger partial charge < -0.3 is 29.6 Å². The first-order chi connectivity index (χ1) is 15.7. The number of aliphatic imine (C=N–C) groups is 1. The van der Waals surface area contributed by atoms with Gasteiger partial charge in [-0.1, -0.05) is 24.3 Å². The summed E-state index contributed by atoms with van der Waals surface area (Å²) < 4.78 is 22.1. The minimum Gasteiger partial charge on any atom is -0.493 e. The van der Waals surface area contributed by atoms with Gasteiger partial charge in [0.2, 0.25) is 0 Å². The van der Waals surface area contributed by atoms with Gasteiger partial charge in [0.15, 0.2) is 5.96 Å². The van der Waals surface area contributed by atoms with E-state index >= 15 is 0 Å². The molecule has 0 amide bonds. The van der Waals surface area contributed by atoms with Crippen molar-refractivity contribution in [1.82, 2.24) is 10.6 Å². The number of rotatable bonds is 14. The molecule has 2 aromatic carbocycles. The van der Waals surface area contributed by atoms with Crippen LogP contribution in [0.25, 0.3) is 0 Å². The van der Waals surface area contributed by atoms with Gasteiger partial charge in [-0.15, -0.1) is 24.0 Å². The number of nitrogens with zero attached hydrogens (tertiary/aromatic N) is 1. The summed E-state index contributed by atoms with van der Waals surface area (Å²) in [5.41, 5.74) is 3.35. The second-order valence-corrected chi connectivity index (χ2v) is 7.28. The summed E-state index contributed by atoms with van der Waals surface area (Å²) in [6, 6.07) is 14.3. The zero-order valence-electron chi connectivity index (χ0n) is 20.2. The first-order valence-corrected chi connectivity index (χ1v) is 11.1. The molecular formula is C25H38IN3O4. The number of nitrogens with one attached hydrogen (secondary N) is 2. The van der Waals surface area contributed by atoms with Crippen molar-refractivity contribution in [2.45, 2.75) is 33.4 Å². The van der Waals surface area contributed by atoms with E-state index in [-0.39, 0.29) is 24.0 Å². The van der Waals surface area contributed by atoms with Crippen molar-refractivity contribution in [2.24, 2.45) is 4.99 Å². The summed E-state index contributed by atoms with van der Waals surface area (Å²) in [6.45, 7) is 8.42. The highest BCUT2D eigenvalue weighted by Gasteiger charge is 2.07. The predicted molar refractivity (Wildman–Crippen MR) is 144 cm³/mol. The molecule has 0 aliphatic rings. The van der Waals surface area contributed by atoms with Crippen LogP contribution in [-0.4, -0.2) is 53.2 Å². The Morgan fingerprint density at radius 3 is 2.52 bits per heavy atom. The van der Waals surface area contributed by atoms with Crippen molar-refractivity contribution >= 4 is 29.9 Å². The zero-order valence-corrected chi connectivity index (χ0v) is 22.5. The van der Waals surface area contributed by atoms with Crippen molar-refractivity contribution in [3.8, 4) is 11.5 Å². The van der Waals surface area contributed by atoms with E-state index in [1.165, 1.54) is 0 Å². The van der Waals surface area contributed by atoms with Crippen LogP contribution in [0.5, 0.6) is 11.5 Å². The van der Waals surface area contributed by atoms with Crippen LogP contribution in [0.4, 0.5) is 0 Å². The minimum absolute atomic E-state index is 0. The van der Waals surface area contributed by atoms with Crippen molar-refractivity contribution in [2.75, 3.05) is 47.2 Å². The van der Waals surface area contributed by atoms with Crippen LogP contribution in [0.1, 0.15) is 30.0 Å². The fourth-order valence-corrected chi connectivity index (χ4v) is 3.02. The topological polar surface area (TPSA) is 73.3 Å². The van der Waals surface area contributed by atoms with Gasteiger partial charge in [-0.3, -0.25) is 4.99 Å². The Kier molecular flexibility index (Phi) is 15.3. The first-order valence-electron chi connectivity index (χ1n) is 11.1. The van der Waals surface area contributed by atoms with Gasteiger partial charge in [0.05, 0.1) is 13.2 Å². The number of benzene rings is 2. The average Bonchev–Trinajstić information content (AvgIpc) is 2.81. The summed E-state index contributed by atoms with van der Waals surface area (Å²) in [6.07, 6.45) is 0.867. The molecule has 0 atom stereocenters. The molecule has 0 unspecified atom stereocenters. The van der Waals surface area contributed by atoms with E-state index in [1.807, 2.05) is 25.1 Å². The van der Waals surface area contributed by atoms with Crippen LogP contribution < -0.4 is 20.1 Å². The second kappa shape index (κ2) is 17.4. The molecule has 0 spiro atoms. The maximum atomic E-state index is 5.93. The van der Waals surface area contributed by atoms with E-state index in [4.69, 9.17) is 18.9 Å². The molecule has 0 saturated carbocycles. The molecule has 2 N–H and O–H groups in total. The van der Waals surface area contributed by atoms with Crippen LogP contribution in [-0.2, 0) is 22.6 Å². The van der Waals surface area contributed by atoms with E-state index in [1.54, 1.807) is 14.2 Å². The summed E-state index contributed by atoms with van der Waals surface area (Å²) in [5.74, 6) is 2.44. The molecule has 8 heteroatoms. The van der Waals surface area contributed by atoms with Crippen molar-refractivity contribution < 1.29 is 18.9 Å². The van der Waals surface area contributed by atoms with Crippen molar-refractivity contribution in [3.63, 3.8) is 0 Å². The van der Waals surface area contributed by atoms with Gasteiger partial charge in [0.1, 0.15) is 18.1 Å². The maximum absolute atomic E-state index is 5.93. The second-order valence-electron chi connectivity index (χ2n) is 7.28. The number of guanidine groups is 1. The Balaban J connectivity index is 0.00000544. The molecule has 33 heavy (non-hydrogen) atoms. The Hall–Kier alpha value is -2.04. The third-order valence-corrected chi connectivity index (χ3v) is 4.70. The normalized spacial score (nSPS) is 11.0. The smallest absolute Gasteiger partial charge is 0.191 e. The number of halogens is 1. The lowest BCUT2D eigenvalue weighted by Crippen LogP contribution is -2.36. The van der Waals surface area contributed by atoms with Crippen molar-refractivity contribution in [3.05, 3.63) is 59.2 Å². The highest BCUT2D eigenvalue weighted by molar-refractivity contribution is 14.0. The molecule has 2 rings (SSSR count). The first kappa shape index (κ1) is 29.0. The number of ether oxygens (including phenoxy) is 4. The predicted octanol–water partition coefficient (Wildman–Crippen LogP) is 4.31. The summed E-state index contributed by atoms with van der Waals surface area (Å²) in [4.78, 5) is 4.33. The van der Waals surface area contributed by atoms with E-state index in [2.05, 4.69) is 46.8 Å². The molecule has 0 aliphatic carbocycles. The van der Waals surface area contributed by atoms with E-state index < -0.39 is 0 Å². The molecule has 0 saturated heterocycles. The fraction of sp³-hybridized carbons (Fsp3) is 0.480. The number of aryl methyl sites for hydroxylation is 1. The molecule has 0 aromatic heterocycles. The van der Waals surface area contributed by atoms with Gasteiger partial charge in [0, 0.05) is 52.4 Å². The molecular weight excluding hydrogens is 533 g/mol. The number of hydrogen-bond donors (Lipinski definition) is 2. The third-order valence-electron chi connectivity index (χ3n) is 4.70. The number of hydrogen-bond acceptors (Lipinski definition) is 5. The highest BCUT2D eigenvalue weighted by Crippen LogP contribution is 2.20. The Morgan fingerprint density at radius 2 is 1.76 bits per heavy atom. The quantitative estimate of drug-likeness (QED) is 0.153. The molecule has 2 aromatic rings.